The van der Waals surface area contributed by atoms with Gasteiger partial charge in [0.1, 0.15) is 0 Å². The minimum atomic E-state index is -0.233. The first-order valence-electron chi connectivity index (χ1n) is 11.4. The highest BCUT2D eigenvalue weighted by atomic mass is 16.5. The van der Waals surface area contributed by atoms with Crippen molar-refractivity contribution < 1.29 is 9.53 Å². The van der Waals surface area contributed by atoms with Gasteiger partial charge in [0.25, 0.3) is 0 Å². The number of carbonyl (C=O) groups excluding carboxylic acids is 1. The summed E-state index contributed by atoms with van der Waals surface area (Å²) < 4.78 is 5.65. The number of carbonyl (C=O) groups is 1. The van der Waals surface area contributed by atoms with Gasteiger partial charge in [0.05, 0.1) is 17.7 Å². The van der Waals surface area contributed by atoms with Gasteiger partial charge in [-0.2, -0.15) is 5.26 Å². The number of nitriles is 1. The molecule has 2 fully saturated rings. The van der Waals surface area contributed by atoms with Gasteiger partial charge in [0.15, 0.2) is 0 Å². The Labute approximate surface area is 181 Å². The summed E-state index contributed by atoms with van der Waals surface area (Å²) in [6.07, 6.45) is 7.55. The monoisotopic (exact) mass is 412 g/mol. The molecule has 1 saturated heterocycles. The zero-order chi connectivity index (χ0) is 21.3. The summed E-state index contributed by atoms with van der Waals surface area (Å²) in [5, 5.41) is 9.10. The maximum atomic E-state index is 11.1. The van der Waals surface area contributed by atoms with Crippen LogP contribution in [0.15, 0.2) is 24.3 Å². The van der Waals surface area contributed by atoms with Crippen LogP contribution in [0.2, 0.25) is 0 Å². The molecule has 1 heterocycles. The zero-order valence-corrected chi connectivity index (χ0v) is 18.3. The van der Waals surface area contributed by atoms with Gasteiger partial charge in [-0.3, -0.25) is 9.69 Å². The van der Waals surface area contributed by atoms with Gasteiger partial charge < -0.3 is 15.4 Å². The number of hydrogen-bond donors (Lipinski definition) is 1. The average molecular weight is 413 g/mol. The molecule has 6 nitrogen and oxygen atoms in total. The summed E-state index contributed by atoms with van der Waals surface area (Å²) in [7, 11) is 1.76. The molecular weight excluding hydrogens is 376 g/mol. The van der Waals surface area contributed by atoms with Gasteiger partial charge in [-0.15, -0.1) is 0 Å². The second kappa shape index (κ2) is 11.3. The molecule has 3 rings (SSSR count). The number of primary amides is 1. The van der Waals surface area contributed by atoms with E-state index >= 15 is 0 Å². The lowest BCUT2D eigenvalue weighted by Crippen LogP contribution is -2.47. The molecule has 30 heavy (non-hydrogen) atoms. The SMILES string of the molecule is COC(CCC(N)=O)C1CCC(CCN2CCN(c3cccc(C#N)c3)CC2)CC1. The largest absolute Gasteiger partial charge is 0.381 e. The molecule has 2 aliphatic rings. The van der Waals surface area contributed by atoms with Gasteiger partial charge in [-0.05, 0) is 62.3 Å². The minimum Gasteiger partial charge on any atom is -0.381 e. The highest BCUT2D eigenvalue weighted by Gasteiger charge is 2.28. The van der Waals surface area contributed by atoms with E-state index < -0.39 is 0 Å². The molecule has 1 aliphatic carbocycles. The number of methoxy groups -OCH3 is 1. The Bertz CT molecular complexity index is 716. The van der Waals surface area contributed by atoms with Crippen molar-refractivity contribution in [3.05, 3.63) is 29.8 Å². The van der Waals surface area contributed by atoms with Crippen LogP contribution in [0.25, 0.3) is 0 Å². The molecule has 0 radical (unpaired) electrons. The standard InChI is InChI=1S/C24H36N4O2/c1-30-23(9-10-24(26)29)21-7-5-19(6-8-21)11-12-27-13-15-28(16-14-27)22-4-2-3-20(17-22)18-25/h2-4,17,19,21,23H,5-16H2,1H3,(H2,26,29). The smallest absolute Gasteiger partial charge is 0.217 e. The molecule has 164 valence electrons. The quantitative estimate of drug-likeness (QED) is 0.674. The number of nitrogens with zero attached hydrogens (tertiary/aromatic N) is 3. The van der Waals surface area contributed by atoms with Gasteiger partial charge in [-0.25, -0.2) is 0 Å². The van der Waals surface area contributed by atoms with E-state index in [-0.39, 0.29) is 12.0 Å². The van der Waals surface area contributed by atoms with E-state index in [0.717, 1.165) is 49.8 Å². The van der Waals surface area contributed by atoms with Crippen LogP contribution in [0.3, 0.4) is 0 Å². The van der Waals surface area contributed by atoms with E-state index in [9.17, 15) is 4.79 Å². The zero-order valence-electron chi connectivity index (χ0n) is 18.3. The number of piperazine rings is 1. The summed E-state index contributed by atoms with van der Waals surface area (Å²) in [5.74, 6) is 1.14. The molecule has 1 unspecified atom stereocenters. The second-order valence-corrected chi connectivity index (χ2v) is 8.84. The van der Waals surface area contributed by atoms with Crippen molar-refractivity contribution in [1.29, 1.82) is 5.26 Å². The maximum absolute atomic E-state index is 11.1. The summed E-state index contributed by atoms with van der Waals surface area (Å²) >= 11 is 0. The van der Waals surface area contributed by atoms with Gasteiger partial charge in [-0.1, -0.05) is 18.9 Å². The number of amides is 1. The van der Waals surface area contributed by atoms with E-state index in [2.05, 4.69) is 21.9 Å². The molecule has 0 bridgehead atoms. The number of hydrogen-bond acceptors (Lipinski definition) is 5. The third-order valence-corrected chi connectivity index (χ3v) is 6.96. The molecule has 0 aromatic heterocycles. The molecule has 1 aromatic carbocycles. The Morgan fingerprint density at radius 1 is 1.23 bits per heavy atom. The molecule has 1 aromatic rings. The predicted octanol–water partition coefficient (Wildman–Crippen LogP) is 3.16. The normalized spacial score (nSPS) is 23.7. The van der Waals surface area contributed by atoms with Crippen LogP contribution < -0.4 is 10.6 Å². The fourth-order valence-corrected chi connectivity index (χ4v) is 5.05. The fourth-order valence-electron chi connectivity index (χ4n) is 5.05. The number of anilines is 1. The predicted molar refractivity (Wildman–Crippen MR) is 119 cm³/mol. The highest BCUT2D eigenvalue weighted by Crippen LogP contribution is 2.35. The third-order valence-electron chi connectivity index (χ3n) is 6.96. The molecular formula is C24H36N4O2. The molecule has 1 aliphatic heterocycles. The van der Waals surface area contributed by atoms with Crippen molar-refractivity contribution in [3.63, 3.8) is 0 Å². The van der Waals surface area contributed by atoms with Crippen LogP contribution in [-0.2, 0) is 9.53 Å². The number of rotatable bonds is 9. The first-order chi connectivity index (χ1) is 14.6. The number of benzene rings is 1. The summed E-state index contributed by atoms with van der Waals surface area (Å²) in [5.41, 5.74) is 7.19. The minimum absolute atomic E-state index is 0.172. The van der Waals surface area contributed by atoms with Gasteiger partial charge >= 0.3 is 0 Å². The molecule has 2 N–H and O–H groups in total. The van der Waals surface area contributed by atoms with Crippen molar-refractivity contribution in [2.45, 2.75) is 51.0 Å². The van der Waals surface area contributed by atoms with E-state index in [1.54, 1.807) is 7.11 Å². The van der Waals surface area contributed by atoms with Crippen molar-refractivity contribution in [1.82, 2.24) is 4.90 Å². The number of ether oxygens (including phenoxy) is 1. The Hall–Kier alpha value is -2.10. The first kappa shape index (κ1) is 22.6. The highest BCUT2D eigenvalue weighted by molar-refractivity contribution is 5.73. The first-order valence-corrected chi connectivity index (χ1v) is 11.4. The van der Waals surface area contributed by atoms with Crippen molar-refractivity contribution >= 4 is 11.6 Å². The lowest BCUT2D eigenvalue weighted by molar-refractivity contribution is -0.119. The Kier molecular flexibility index (Phi) is 8.53. The van der Waals surface area contributed by atoms with E-state index in [1.165, 1.54) is 38.6 Å². The van der Waals surface area contributed by atoms with Crippen molar-refractivity contribution in [3.8, 4) is 6.07 Å². The Balaban J connectivity index is 1.35. The summed E-state index contributed by atoms with van der Waals surface area (Å²) in [6.45, 7) is 5.40. The van der Waals surface area contributed by atoms with Crippen LogP contribution in [-0.4, -0.2) is 56.7 Å². The molecule has 0 spiro atoms. The van der Waals surface area contributed by atoms with Crippen LogP contribution in [0.1, 0.15) is 50.5 Å². The van der Waals surface area contributed by atoms with Crippen molar-refractivity contribution in [2.24, 2.45) is 17.6 Å². The second-order valence-electron chi connectivity index (χ2n) is 8.84. The van der Waals surface area contributed by atoms with Crippen LogP contribution in [0, 0.1) is 23.2 Å². The van der Waals surface area contributed by atoms with Crippen LogP contribution >= 0.6 is 0 Å². The number of nitrogens with two attached hydrogens (primary N) is 1. The Morgan fingerprint density at radius 2 is 1.97 bits per heavy atom. The lowest BCUT2D eigenvalue weighted by atomic mass is 9.77. The van der Waals surface area contributed by atoms with E-state index in [4.69, 9.17) is 15.7 Å². The average Bonchev–Trinajstić information content (AvgIpc) is 2.79. The fraction of sp³-hybridized carbons (Fsp3) is 0.667. The summed E-state index contributed by atoms with van der Waals surface area (Å²) in [6, 6.07) is 10.2. The van der Waals surface area contributed by atoms with Crippen LogP contribution in [0.4, 0.5) is 5.69 Å². The lowest BCUT2D eigenvalue weighted by Gasteiger charge is -2.38. The summed E-state index contributed by atoms with van der Waals surface area (Å²) in [4.78, 5) is 16.0. The van der Waals surface area contributed by atoms with Crippen molar-refractivity contribution in [2.75, 3.05) is 44.7 Å². The van der Waals surface area contributed by atoms with E-state index in [1.807, 2.05) is 18.2 Å². The maximum Gasteiger partial charge on any atom is 0.217 e. The van der Waals surface area contributed by atoms with Gasteiger partial charge in [0, 0.05) is 45.4 Å². The third kappa shape index (κ3) is 6.45. The van der Waals surface area contributed by atoms with E-state index in [0.29, 0.717) is 12.3 Å². The van der Waals surface area contributed by atoms with Crippen LogP contribution in [0.5, 0.6) is 0 Å². The van der Waals surface area contributed by atoms with Gasteiger partial charge in [0.2, 0.25) is 5.91 Å². The molecule has 1 saturated carbocycles. The molecule has 1 atom stereocenters. The topological polar surface area (TPSA) is 82.6 Å². The molecule has 1 amide bonds. The molecule has 6 heteroatoms. The Morgan fingerprint density at radius 3 is 2.60 bits per heavy atom.